The molecule has 0 unspecified atom stereocenters. The van der Waals surface area contributed by atoms with E-state index in [1.165, 1.54) is 63.5 Å². The van der Waals surface area contributed by atoms with Crippen LogP contribution in [-0.4, -0.2) is 17.5 Å². The summed E-state index contributed by atoms with van der Waals surface area (Å²) in [6.45, 7) is 2.19. The minimum Gasteiger partial charge on any atom is -0.392 e. The average molecular weight is 321 g/mol. The van der Waals surface area contributed by atoms with Crippen LogP contribution in [0.5, 0.6) is 0 Å². The van der Waals surface area contributed by atoms with Gasteiger partial charge in [-0.2, -0.15) is 0 Å². The van der Waals surface area contributed by atoms with Crippen LogP contribution >= 0.6 is 0 Å². The van der Waals surface area contributed by atoms with Crippen LogP contribution in [0.15, 0.2) is 36.5 Å². The summed E-state index contributed by atoms with van der Waals surface area (Å²) in [5.41, 5.74) is 0. The Bertz CT molecular complexity index is 340. The molecule has 0 heterocycles. The lowest BCUT2D eigenvalue weighted by Crippen LogP contribution is -1.93. The Morgan fingerprint density at radius 3 is 2.04 bits per heavy atom. The van der Waals surface area contributed by atoms with Crippen LogP contribution in [0.25, 0.3) is 0 Å². The van der Waals surface area contributed by atoms with E-state index in [0.717, 1.165) is 19.3 Å². The molecule has 0 fully saturated rings. The summed E-state index contributed by atoms with van der Waals surface area (Å²) < 4.78 is 0. The highest BCUT2D eigenvalue weighted by molar-refractivity contribution is 5.89. The van der Waals surface area contributed by atoms with Crippen LogP contribution in [0.4, 0.5) is 0 Å². The Kier molecular flexibility index (Phi) is 18.0. The Labute approximate surface area is 143 Å². The van der Waals surface area contributed by atoms with Crippen LogP contribution < -0.4 is 0 Å². The molecule has 0 aliphatic rings. The number of ketones is 1. The van der Waals surface area contributed by atoms with Crippen molar-refractivity contribution < 1.29 is 9.90 Å². The minimum absolute atomic E-state index is 0.0477. The average Bonchev–Trinajstić information content (AvgIpc) is 2.56. The van der Waals surface area contributed by atoms with Crippen molar-refractivity contribution in [3.05, 3.63) is 36.5 Å². The first-order valence-corrected chi connectivity index (χ1v) is 9.41. The molecular weight excluding hydrogens is 284 g/mol. The lowest BCUT2D eigenvalue weighted by atomic mass is 10.1. The Morgan fingerprint density at radius 1 is 0.783 bits per heavy atom. The molecule has 23 heavy (non-hydrogen) atoms. The van der Waals surface area contributed by atoms with Gasteiger partial charge in [0.25, 0.3) is 0 Å². The molecule has 0 aromatic heterocycles. The van der Waals surface area contributed by atoms with E-state index in [0.29, 0.717) is 6.42 Å². The molecule has 0 spiro atoms. The van der Waals surface area contributed by atoms with Crippen molar-refractivity contribution in [2.75, 3.05) is 6.61 Å². The smallest absolute Gasteiger partial charge is 0.155 e. The molecule has 0 aromatic rings. The number of aliphatic hydroxyl groups is 1. The first-order valence-electron chi connectivity index (χ1n) is 9.41. The Morgan fingerprint density at radius 2 is 1.39 bits per heavy atom. The molecule has 0 amide bonds. The fourth-order valence-electron chi connectivity index (χ4n) is 2.38. The lowest BCUT2D eigenvalue weighted by molar-refractivity contribution is -0.114. The van der Waals surface area contributed by atoms with Crippen LogP contribution in [0.3, 0.4) is 0 Å². The van der Waals surface area contributed by atoms with Crippen LogP contribution in [0, 0.1) is 0 Å². The zero-order valence-electron chi connectivity index (χ0n) is 15.0. The van der Waals surface area contributed by atoms with Gasteiger partial charge in [-0.15, -0.1) is 0 Å². The number of hydrogen-bond donors (Lipinski definition) is 1. The number of unbranched alkanes of at least 4 members (excludes halogenated alkanes) is 8. The van der Waals surface area contributed by atoms with Gasteiger partial charge in [0.2, 0.25) is 0 Å². The van der Waals surface area contributed by atoms with E-state index in [9.17, 15) is 4.79 Å². The molecule has 0 aliphatic carbocycles. The molecular formula is C21H36O2. The van der Waals surface area contributed by atoms with E-state index in [4.69, 9.17) is 5.11 Å². The highest BCUT2D eigenvalue weighted by Crippen LogP contribution is 2.08. The molecule has 132 valence electrons. The monoisotopic (exact) mass is 320 g/mol. The highest BCUT2D eigenvalue weighted by atomic mass is 16.2. The fraction of sp³-hybridized carbons (Fsp3) is 0.667. The summed E-state index contributed by atoms with van der Waals surface area (Å²) in [5, 5.41) is 8.57. The lowest BCUT2D eigenvalue weighted by Gasteiger charge is -1.99. The second kappa shape index (κ2) is 18.9. The van der Waals surface area contributed by atoms with Gasteiger partial charge in [0.15, 0.2) is 5.78 Å². The van der Waals surface area contributed by atoms with E-state index in [1.807, 2.05) is 0 Å². The predicted molar refractivity (Wildman–Crippen MR) is 101 cm³/mol. The SMILES string of the molecule is CCCCCC=CCC=CCCCCCCCC(=O)C=CCO. The maximum Gasteiger partial charge on any atom is 0.155 e. The van der Waals surface area contributed by atoms with Gasteiger partial charge in [-0.3, -0.25) is 4.79 Å². The predicted octanol–water partition coefficient (Wildman–Crippen LogP) is 5.92. The number of aliphatic hydroxyl groups excluding tert-OH is 1. The van der Waals surface area contributed by atoms with Crippen LogP contribution in [0.1, 0.15) is 84.0 Å². The van der Waals surface area contributed by atoms with Gasteiger partial charge >= 0.3 is 0 Å². The van der Waals surface area contributed by atoms with Gasteiger partial charge in [0.05, 0.1) is 6.61 Å². The normalized spacial score (nSPS) is 12.1. The van der Waals surface area contributed by atoms with Crippen molar-refractivity contribution in [1.82, 2.24) is 0 Å². The van der Waals surface area contributed by atoms with E-state index < -0.39 is 0 Å². The van der Waals surface area contributed by atoms with Gasteiger partial charge in [-0.1, -0.05) is 69.4 Å². The summed E-state index contributed by atoms with van der Waals surface area (Å²) in [5.74, 6) is 0.129. The summed E-state index contributed by atoms with van der Waals surface area (Å²) in [7, 11) is 0. The molecule has 0 bridgehead atoms. The van der Waals surface area contributed by atoms with Crippen molar-refractivity contribution in [1.29, 1.82) is 0 Å². The number of hydrogen-bond acceptors (Lipinski definition) is 2. The zero-order valence-corrected chi connectivity index (χ0v) is 15.0. The Balaban J connectivity index is 3.28. The second-order valence-corrected chi connectivity index (χ2v) is 6.03. The quantitative estimate of drug-likeness (QED) is 0.218. The van der Waals surface area contributed by atoms with E-state index in [2.05, 4.69) is 31.2 Å². The van der Waals surface area contributed by atoms with E-state index in [-0.39, 0.29) is 12.4 Å². The third-order valence-corrected chi connectivity index (χ3v) is 3.78. The van der Waals surface area contributed by atoms with Gasteiger partial charge in [-0.25, -0.2) is 0 Å². The van der Waals surface area contributed by atoms with Crippen molar-refractivity contribution in [3.63, 3.8) is 0 Å². The number of carbonyl (C=O) groups is 1. The molecule has 0 radical (unpaired) electrons. The van der Waals surface area contributed by atoms with Crippen molar-refractivity contribution >= 4 is 5.78 Å². The van der Waals surface area contributed by atoms with Crippen LogP contribution in [-0.2, 0) is 4.79 Å². The molecule has 0 saturated heterocycles. The number of rotatable bonds is 16. The van der Waals surface area contributed by atoms with E-state index >= 15 is 0 Å². The van der Waals surface area contributed by atoms with Gasteiger partial charge in [-0.05, 0) is 44.6 Å². The van der Waals surface area contributed by atoms with Gasteiger partial charge < -0.3 is 5.11 Å². The molecule has 0 aromatic carbocycles. The van der Waals surface area contributed by atoms with Gasteiger partial charge in [0, 0.05) is 6.42 Å². The molecule has 0 saturated carbocycles. The highest BCUT2D eigenvalue weighted by Gasteiger charge is 1.96. The van der Waals surface area contributed by atoms with Crippen molar-refractivity contribution in [3.8, 4) is 0 Å². The third-order valence-electron chi connectivity index (χ3n) is 3.78. The molecule has 0 rings (SSSR count). The summed E-state index contributed by atoms with van der Waals surface area (Å²) in [6, 6.07) is 0. The van der Waals surface area contributed by atoms with Crippen LogP contribution in [0.2, 0.25) is 0 Å². The minimum atomic E-state index is -0.0477. The second-order valence-electron chi connectivity index (χ2n) is 6.03. The zero-order chi connectivity index (χ0) is 17.0. The summed E-state index contributed by atoms with van der Waals surface area (Å²) >= 11 is 0. The maximum atomic E-state index is 11.3. The van der Waals surface area contributed by atoms with Crippen molar-refractivity contribution in [2.45, 2.75) is 84.0 Å². The number of carbonyl (C=O) groups excluding carboxylic acids is 1. The maximum absolute atomic E-state index is 11.3. The molecule has 0 aliphatic heterocycles. The molecule has 0 atom stereocenters. The molecule has 2 heteroatoms. The summed E-state index contributed by atoms with van der Waals surface area (Å²) in [4.78, 5) is 11.3. The van der Waals surface area contributed by atoms with E-state index in [1.54, 1.807) is 0 Å². The fourth-order valence-corrected chi connectivity index (χ4v) is 2.38. The third kappa shape index (κ3) is 18.8. The summed E-state index contributed by atoms with van der Waals surface area (Å²) in [6.07, 6.45) is 26.0. The Hall–Kier alpha value is -1.15. The first kappa shape index (κ1) is 21.9. The molecule has 2 nitrogen and oxygen atoms in total. The first-order chi connectivity index (χ1) is 11.3. The van der Waals surface area contributed by atoms with Gasteiger partial charge in [0.1, 0.15) is 0 Å². The standard InChI is InChI=1S/C21H36O2/c1-2-3-4-5-6-7-8-9-10-11-12-13-14-15-16-18-21(23)19-17-20-22/h6-7,9-10,17,19,22H,2-5,8,11-16,18,20H2,1H3. The largest absolute Gasteiger partial charge is 0.392 e. The van der Waals surface area contributed by atoms with Crippen molar-refractivity contribution in [2.24, 2.45) is 0 Å². The number of allylic oxidation sites excluding steroid dienone is 5. The topological polar surface area (TPSA) is 37.3 Å². The molecule has 1 N–H and O–H groups in total.